The van der Waals surface area contributed by atoms with Crippen LogP contribution in [0.1, 0.15) is 36.6 Å². The standard InChI is InChI=1S/C16H19NS/c1-2-9-14(10-3-1)17-16(13-7-4-5-8-13)15-11-6-12-18-15/h1-3,6,9-13,16-17H,4-5,7-8H2. The van der Waals surface area contributed by atoms with Crippen LogP contribution in [-0.4, -0.2) is 0 Å². The fourth-order valence-corrected chi connectivity index (χ4v) is 3.76. The molecule has 1 aromatic carbocycles. The summed E-state index contributed by atoms with van der Waals surface area (Å²) in [6, 6.07) is 15.5. The van der Waals surface area contributed by atoms with Crippen LogP contribution in [0.3, 0.4) is 0 Å². The second kappa shape index (κ2) is 5.57. The maximum atomic E-state index is 3.73. The van der Waals surface area contributed by atoms with Gasteiger partial charge in [0.25, 0.3) is 0 Å². The van der Waals surface area contributed by atoms with Crippen molar-refractivity contribution in [3.05, 3.63) is 52.7 Å². The smallest absolute Gasteiger partial charge is 0.0634 e. The second-order valence-corrected chi connectivity index (χ2v) is 6.03. The normalized spacial score (nSPS) is 17.8. The van der Waals surface area contributed by atoms with Crippen molar-refractivity contribution in [1.82, 2.24) is 0 Å². The molecule has 94 valence electrons. The van der Waals surface area contributed by atoms with E-state index in [9.17, 15) is 0 Å². The fourth-order valence-electron chi connectivity index (χ4n) is 2.89. The van der Waals surface area contributed by atoms with Crippen LogP contribution < -0.4 is 5.32 Å². The summed E-state index contributed by atoms with van der Waals surface area (Å²) in [5, 5.41) is 5.92. The zero-order valence-corrected chi connectivity index (χ0v) is 11.3. The van der Waals surface area contributed by atoms with Crippen LogP contribution in [0.2, 0.25) is 0 Å². The quantitative estimate of drug-likeness (QED) is 0.804. The molecule has 1 unspecified atom stereocenters. The molecule has 0 aliphatic heterocycles. The molecule has 2 heteroatoms. The molecule has 1 aliphatic rings. The van der Waals surface area contributed by atoms with Crippen molar-refractivity contribution in [1.29, 1.82) is 0 Å². The SMILES string of the molecule is c1ccc(NC(c2cccs2)C2CCCC2)cc1. The molecule has 1 saturated carbocycles. The number of benzene rings is 1. The summed E-state index contributed by atoms with van der Waals surface area (Å²) in [6.07, 6.45) is 5.51. The number of para-hydroxylation sites is 1. The first-order valence-corrected chi connectivity index (χ1v) is 7.66. The summed E-state index contributed by atoms with van der Waals surface area (Å²) in [4.78, 5) is 1.48. The van der Waals surface area contributed by atoms with E-state index in [1.54, 1.807) is 0 Å². The lowest BCUT2D eigenvalue weighted by atomic mass is 9.96. The Bertz CT molecular complexity index is 457. The zero-order valence-electron chi connectivity index (χ0n) is 10.5. The molecule has 0 saturated heterocycles. The summed E-state index contributed by atoms with van der Waals surface area (Å²) >= 11 is 1.87. The molecule has 3 rings (SSSR count). The van der Waals surface area contributed by atoms with Crippen LogP contribution in [0.25, 0.3) is 0 Å². The van der Waals surface area contributed by atoms with Crippen molar-refractivity contribution < 1.29 is 0 Å². The number of hydrogen-bond acceptors (Lipinski definition) is 2. The lowest BCUT2D eigenvalue weighted by Crippen LogP contribution is -2.17. The minimum absolute atomic E-state index is 0.495. The van der Waals surface area contributed by atoms with Gasteiger partial charge < -0.3 is 5.32 Å². The van der Waals surface area contributed by atoms with Gasteiger partial charge in [0.2, 0.25) is 0 Å². The molecular weight excluding hydrogens is 238 g/mol. The van der Waals surface area contributed by atoms with E-state index in [-0.39, 0.29) is 0 Å². The highest BCUT2D eigenvalue weighted by molar-refractivity contribution is 7.10. The first kappa shape index (κ1) is 11.8. The van der Waals surface area contributed by atoms with Crippen molar-refractivity contribution in [2.45, 2.75) is 31.7 Å². The molecule has 18 heavy (non-hydrogen) atoms. The monoisotopic (exact) mass is 257 g/mol. The van der Waals surface area contributed by atoms with E-state index >= 15 is 0 Å². The van der Waals surface area contributed by atoms with Crippen LogP contribution in [0.4, 0.5) is 5.69 Å². The van der Waals surface area contributed by atoms with Gasteiger partial charge in [-0.2, -0.15) is 0 Å². The number of anilines is 1. The first-order chi connectivity index (χ1) is 8.93. The predicted molar refractivity (Wildman–Crippen MR) is 79.1 cm³/mol. The minimum Gasteiger partial charge on any atom is -0.377 e. The van der Waals surface area contributed by atoms with E-state index in [1.807, 2.05) is 11.3 Å². The van der Waals surface area contributed by atoms with Crippen LogP contribution >= 0.6 is 11.3 Å². The highest BCUT2D eigenvalue weighted by Gasteiger charge is 2.26. The van der Waals surface area contributed by atoms with Gasteiger partial charge in [-0.1, -0.05) is 37.1 Å². The van der Waals surface area contributed by atoms with Gasteiger partial charge in [0.05, 0.1) is 6.04 Å². The van der Waals surface area contributed by atoms with Gasteiger partial charge in [0.15, 0.2) is 0 Å². The average Bonchev–Trinajstić information content (AvgIpc) is 3.11. The Kier molecular flexibility index (Phi) is 3.65. The van der Waals surface area contributed by atoms with Crippen LogP contribution in [0, 0.1) is 5.92 Å². The van der Waals surface area contributed by atoms with Gasteiger partial charge in [-0.05, 0) is 42.3 Å². The van der Waals surface area contributed by atoms with Crippen LogP contribution in [-0.2, 0) is 0 Å². The lowest BCUT2D eigenvalue weighted by molar-refractivity contribution is 0.475. The topological polar surface area (TPSA) is 12.0 Å². The molecular formula is C16H19NS. The highest BCUT2D eigenvalue weighted by atomic mass is 32.1. The number of rotatable bonds is 4. The van der Waals surface area contributed by atoms with Gasteiger partial charge in [-0.15, -0.1) is 11.3 Å². The van der Waals surface area contributed by atoms with Crippen molar-refractivity contribution in [2.24, 2.45) is 5.92 Å². The third-order valence-corrected chi connectivity index (χ3v) is 4.77. The Morgan fingerprint density at radius 1 is 1.00 bits per heavy atom. The Balaban J connectivity index is 1.81. The van der Waals surface area contributed by atoms with E-state index in [0.29, 0.717) is 6.04 Å². The molecule has 0 bridgehead atoms. The summed E-state index contributed by atoms with van der Waals surface area (Å²) < 4.78 is 0. The third-order valence-electron chi connectivity index (χ3n) is 3.82. The largest absolute Gasteiger partial charge is 0.377 e. The molecule has 0 amide bonds. The molecule has 1 N–H and O–H groups in total. The average molecular weight is 257 g/mol. The van der Waals surface area contributed by atoms with Crippen molar-refractivity contribution >= 4 is 17.0 Å². The van der Waals surface area contributed by atoms with Crippen molar-refractivity contribution in [2.75, 3.05) is 5.32 Å². The van der Waals surface area contributed by atoms with Gasteiger partial charge in [0.1, 0.15) is 0 Å². The van der Waals surface area contributed by atoms with E-state index in [0.717, 1.165) is 5.92 Å². The molecule has 1 aliphatic carbocycles. The van der Waals surface area contributed by atoms with E-state index in [2.05, 4.69) is 53.2 Å². The van der Waals surface area contributed by atoms with E-state index < -0.39 is 0 Å². The summed E-state index contributed by atoms with van der Waals surface area (Å²) in [6.45, 7) is 0. The zero-order chi connectivity index (χ0) is 12.2. The van der Waals surface area contributed by atoms with Crippen molar-refractivity contribution in [3.8, 4) is 0 Å². The molecule has 2 aromatic rings. The first-order valence-electron chi connectivity index (χ1n) is 6.78. The Morgan fingerprint density at radius 2 is 1.78 bits per heavy atom. The second-order valence-electron chi connectivity index (χ2n) is 5.05. The molecule has 1 heterocycles. The summed E-state index contributed by atoms with van der Waals surface area (Å²) in [5.41, 5.74) is 1.24. The van der Waals surface area contributed by atoms with Gasteiger partial charge in [0, 0.05) is 10.6 Å². The molecule has 1 nitrogen and oxygen atoms in total. The molecule has 1 aromatic heterocycles. The Morgan fingerprint density at radius 3 is 2.44 bits per heavy atom. The Hall–Kier alpha value is -1.28. The number of thiophene rings is 1. The number of hydrogen-bond donors (Lipinski definition) is 1. The van der Waals surface area contributed by atoms with Crippen molar-refractivity contribution in [3.63, 3.8) is 0 Å². The molecule has 0 radical (unpaired) electrons. The third kappa shape index (κ3) is 2.59. The van der Waals surface area contributed by atoms with E-state index in [1.165, 1.54) is 36.2 Å². The summed E-state index contributed by atoms with van der Waals surface area (Å²) in [5.74, 6) is 0.795. The predicted octanol–water partition coefficient (Wildman–Crippen LogP) is 5.09. The molecule has 0 spiro atoms. The maximum absolute atomic E-state index is 3.73. The fraction of sp³-hybridized carbons (Fsp3) is 0.375. The van der Waals surface area contributed by atoms with Crippen LogP contribution in [0.5, 0.6) is 0 Å². The maximum Gasteiger partial charge on any atom is 0.0634 e. The molecule has 1 fully saturated rings. The minimum atomic E-state index is 0.495. The lowest BCUT2D eigenvalue weighted by Gasteiger charge is -2.24. The van der Waals surface area contributed by atoms with Gasteiger partial charge in [-0.3, -0.25) is 0 Å². The van der Waals surface area contributed by atoms with E-state index in [4.69, 9.17) is 0 Å². The highest BCUT2D eigenvalue weighted by Crippen LogP contribution is 2.39. The summed E-state index contributed by atoms with van der Waals surface area (Å²) in [7, 11) is 0. The molecule has 1 atom stereocenters. The Labute approximate surface area is 113 Å². The van der Waals surface area contributed by atoms with Gasteiger partial charge in [-0.25, -0.2) is 0 Å². The van der Waals surface area contributed by atoms with Crippen LogP contribution in [0.15, 0.2) is 47.8 Å². The van der Waals surface area contributed by atoms with Gasteiger partial charge >= 0.3 is 0 Å². The number of nitrogens with one attached hydrogen (secondary N) is 1.